The molecule has 0 bridgehead atoms. The van der Waals surface area contributed by atoms with Gasteiger partial charge >= 0.3 is 0 Å². The van der Waals surface area contributed by atoms with Crippen molar-refractivity contribution in [3.63, 3.8) is 0 Å². The molecule has 0 radical (unpaired) electrons. The molecule has 0 unspecified atom stereocenters. The van der Waals surface area contributed by atoms with Crippen molar-refractivity contribution in [1.82, 2.24) is 0 Å². The predicted octanol–water partition coefficient (Wildman–Crippen LogP) is 3.58. The first-order valence-corrected chi connectivity index (χ1v) is 12.5. The summed E-state index contributed by atoms with van der Waals surface area (Å²) in [5, 5.41) is 84.4. The van der Waals surface area contributed by atoms with E-state index in [4.69, 9.17) is 9.47 Å². The fourth-order valence-electron chi connectivity index (χ4n) is 5.58. The summed E-state index contributed by atoms with van der Waals surface area (Å²) < 4.78 is 12.3. The highest BCUT2D eigenvalue weighted by molar-refractivity contribution is 5.63. The van der Waals surface area contributed by atoms with Crippen molar-refractivity contribution in [3.05, 3.63) is 94.5 Å². The Morgan fingerprint density at radius 1 is 0.575 bits per heavy atom. The molecule has 4 aromatic rings. The topological polar surface area (TPSA) is 180 Å². The number of hydrogen-bond donors (Lipinski definition) is 8. The third kappa shape index (κ3) is 4.14. The van der Waals surface area contributed by atoms with Gasteiger partial charge < -0.3 is 50.3 Å². The van der Waals surface area contributed by atoms with E-state index in [1.807, 2.05) is 0 Å². The van der Waals surface area contributed by atoms with E-state index in [1.165, 1.54) is 42.5 Å². The van der Waals surface area contributed by atoms with Gasteiger partial charge in [-0.15, -0.1) is 0 Å². The molecule has 0 saturated carbocycles. The highest BCUT2D eigenvalue weighted by Gasteiger charge is 2.45. The third-order valence-electron chi connectivity index (χ3n) is 7.46. The monoisotopic (exact) mass is 546 g/mol. The first kappa shape index (κ1) is 25.5. The number of ether oxygens (including phenoxy) is 2. The zero-order valence-electron chi connectivity index (χ0n) is 20.8. The highest BCUT2D eigenvalue weighted by atomic mass is 16.5. The number of benzene rings is 4. The van der Waals surface area contributed by atoms with Gasteiger partial charge in [0, 0.05) is 29.7 Å². The van der Waals surface area contributed by atoms with Crippen molar-refractivity contribution in [2.45, 2.75) is 36.8 Å². The Balaban J connectivity index is 1.52. The minimum absolute atomic E-state index is 0.00864. The van der Waals surface area contributed by atoms with Crippen LogP contribution in [0.3, 0.4) is 0 Å². The highest BCUT2D eigenvalue weighted by Crippen LogP contribution is 2.55. The zero-order valence-corrected chi connectivity index (χ0v) is 20.8. The van der Waals surface area contributed by atoms with Crippen molar-refractivity contribution in [2.24, 2.45) is 0 Å². The van der Waals surface area contributed by atoms with E-state index in [2.05, 4.69) is 0 Å². The van der Waals surface area contributed by atoms with E-state index in [-0.39, 0.29) is 57.8 Å². The lowest BCUT2D eigenvalue weighted by atomic mass is 9.77. The van der Waals surface area contributed by atoms with E-state index >= 15 is 0 Å². The molecule has 0 spiro atoms. The second-order valence-electron chi connectivity index (χ2n) is 10.0. The van der Waals surface area contributed by atoms with E-state index in [0.29, 0.717) is 16.7 Å². The van der Waals surface area contributed by atoms with Gasteiger partial charge in [0.1, 0.15) is 46.7 Å². The van der Waals surface area contributed by atoms with Crippen LogP contribution in [0.4, 0.5) is 0 Å². The van der Waals surface area contributed by atoms with Crippen molar-refractivity contribution < 1.29 is 50.3 Å². The Kier molecular flexibility index (Phi) is 6.01. The Morgan fingerprint density at radius 3 is 2.00 bits per heavy atom. The minimum atomic E-state index is -1.39. The summed E-state index contributed by atoms with van der Waals surface area (Å²) >= 11 is 0. The van der Waals surface area contributed by atoms with Gasteiger partial charge in [-0.25, -0.2) is 0 Å². The van der Waals surface area contributed by atoms with Gasteiger partial charge in [0.25, 0.3) is 0 Å². The predicted molar refractivity (Wildman–Crippen MR) is 140 cm³/mol. The lowest BCUT2D eigenvalue weighted by Crippen LogP contribution is -2.36. The van der Waals surface area contributed by atoms with Crippen LogP contribution in [0.1, 0.15) is 45.9 Å². The number of rotatable bonds is 3. The summed E-state index contributed by atoms with van der Waals surface area (Å²) in [7, 11) is 0. The van der Waals surface area contributed by atoms with Crippen LogP contribution in [-0.4, -0.2) is 53.1 Å². The first-order chi connectivity index (χ1) is 19.1. The molecule has 10 nitrogen and oxygen atoms in total. The average Bonchev–Trinajstić information content (AvgIpc) is 2.91. The van der Waals surface area contributed by atoms with Crippen LogP contribution in [-0.2, 0) is 6.42 Å². The van der Waals surface area contributed by atoms with Crippen molar-refractivity contribution in [2.75, 3.05) is 0 Å². The van der Waals surface area contributed by atoms with Gasteiger partial charge in [0.05, 0.1) is 12.0 Å². The number of aromatic hydroxyl groups is 6. The van der Waals surface area contributed by atoms with Crippen LogP contribution in [0.25, 0.3) is 0 Å². The number of aliphatic hydroxyl groups is 2. The van der Waals surface area contributed by atoms with E-state index in [0.717, 1.165) is 6.07 Å². The summed E-state index contributed by atoms with van der Waals surface area (Å²) in [4.78, 5) is 0. The molecule has 0 saturated heterocycles. The molecular formula is C30H26O10. The van der Waals surface area contributed by atoms with Crippen LogP contribution in [0.2, 0.25) is 0 Å². The minimum Gasteiger partial charge on any atom is -0.508 e. The van der Waals surface area contributed by atoms with Crippen LogP contribution < -0.4 is 9.47 Å². The van der Waals surface area contributed by atoms with Gasteiger partial charge in [0.2, 0.25) is 0 Å². The summed E-state index contributed by atoms with van der Waals surface area (Å²) in [6.45, 7) is 0. The molecule has 2 heterocycles. The van der Waals surface area contributed by atoms with Gasteiger partial charge in [-0.3, -0.25) is 0 Å². The van der Waals surface area contributed by atoms with Crippen molar-refractivity contribution in [1.29, 1.82) is 0 Å². The summed E-state index contributed by atoms with van der Waals surface area (Å²) in [6.07, 6.45) is -4.37. The average molecular weight is 547 g/mol. The van der Waals surface area contributed by atoms with Gasteiger partial charge in [-0.1, -0.05) is 24.3 Å². The zero-order chi connectivity index (χ0) is 28.3. The van der Waals surface area contributed by atoms with Crippen LogP contribution in [0, 0.1) is 0 Å². The fourth-order valence-corrected chi connectivity index (χ4v) is 5.58. The van der Waals surface area contributed by atoms with E-state index in [9.17, 15) is 40.9 Å². The molecule has 0 aliphatic carbocycles. The van der Waals surface area contributed by atoms with Crippen LogP contribution in [0.15, 0.2) is 66.7 Å². The van der Waals surface area contributed by atoms with E-state index < -0.39 is 36.1 Å². The lowest BCUT2D eigenvalue weighted by Gasteiger charge is -2.40. The first-order valence-electron chi connectivity index (χ1n) is 12.5. The van der Waals surface area contributed by atoms with E-state index in [1.54, 1.807) is 18.2 Å². The van der Waals surface area contributed by atoms with Gasteiger partial charge in [0.15, 0.2) is 17.6 Å². The Labute approximate surface area is 227 Å². The second-order valence-corrected chi connectivity index (χ2v) is 10.0. The molecule has 0 fully saturated rings. The number of hydrogen-bond acceptors (Lipinski definition) is 10. The Bertz CT molecular complexity index is 1600. The molecular weight excluding hydrogens is 520 g/mol. The molecule has 5 atom stereocenters. The quantitative estimate of drug-likeness (QED) is 0.177. The molecule has 8 N–H and O–H groups in total. The third-order valence-corrected chi connectivity index (χ3v) is 7.46. The van der Waals surface area contributed by atoms with Gasteiger partial charge in [-0.05, 0) is 47.0 Å². The van der Waals surface area contributed by atoms with Crippen LogP contribution >= 0.6 is 0 Å². The number of phenols is 6. The molecule has 2 aliphatic rings. The number of aliphatic hydroxyl groups excluding tert-OH is 2. The normalized spacial score (nSPS) is 23.4. The maximum atomic E-state index is 11.7. The SMILES string of the molecule is Oc1ccc([C@H]2Oc3cc(O)cc(O)c3[C@@H](c3c(O)ccc4c3O[C@H](c3ccc(O)c(O)c3)[C@@H](O)C4)[C@@H]2O)cc1. The molecule has 0 aromatic heterocycles. The molecule has 10 heteroatoms. The van der Waals surface area contributed by atoms with Crippen molar-refractivity contribution >= 4 is 0 Å². The van der Waals surface area contributed by atoms with Gasteiger partial charge in [-0.2, -0.15) is 0 Å². The van der Waals surface area contributed by atoms with Crippen molar-refractivity contribution in [3.8, 4) is 46.0 Å². The summed E-state index contributed by atoms with van der Waals surface area (Å²) in [5.41, 5.74) is 1.61. The largest absolute Gasteiger partial charge is 0.508 e. The Hall–Kier alpha value is -4.80. The lowest BCUT2D eigenvalue weighted by molar-refractivity contribution is 0.00148. The fraction of sp³-hybridized carbons (Fsp3) is 0.200. The standard InChI is InChI=1S/C30H26O10/c31-16-5-1-13(2-6-16)30-27(38)26(24-21(36)11-17(32)12-23(24)39-30)25-19(34)8-4-15-10-22(37)28(40-29(15)25)14-3-7-18(33)20(35)9-14/h1-9,11-12,22,26-28,30-38H,10H2/t22-,26-,27-,28+,30+/m0/s1. The smallest absolute Gasteiger partial charge is 0.157 e. The second kappa shape index (κ2) is 9.44. The number of fused-ring (bicyclic) bond motifs is 2. The summed E-state index contributed by atoms with van der Waals surface area (Å²) in [5.74, 6) is -2.53. The molecule has 40 heavy (non-hydrogen) atoms. The maximum absolute atomic E-state index is 11.7. The number of phenolic OH excluding ortho intramolecular Hbond substituents is 6. The molecule has 4 aromatic carbocycles. The Morgan fingerprint density at radius 2 is 1.27 bits per heavy atom. The maximum Gasteiger partial charge on any atom is 0.157 e. The molecule has 0 amide bonds. The van der Waals surface area contributed by atoms with Crippen LogP contribution in [0.5, 0.6) is 46.0 Å². The summed E-state index contributed by atoms with van der Waals surface area (Å²) in [6, 6.07) is 15.4. The molecule has 2 aliphatic heterocycles. The molecule has 6 rings (SSSR count). The molecule has 206 valence electrons.